The highest BCUT2D eigenvalue weighted by Crippen LogP contribution is 2.08. The van der Waals surface area contributed by atoms with E-state index in [0.29, 0.717) is 6.54 Å². The number of nitrogens with zero attached hydrogens (tertiary/aromatic N) is 1. The van der Waals surface area contributed by atoms with Crippen LogP contribution in [-0.4, -0.2) is 4.98 Å². The van der Waals surface area contributed by atoms with Gasteiger partial charge in [0.25, 0.3) is 0 Å². The average Bonchev–Trinajstić information content (AvgIpc) is 2.34. The van der Waals surface area contributed by atoms with Crippen LogP contribution in [0.3, 0.4) is 0 Å². The predicted molar refractivity (Wildman–Crippen MR) is 40.1 cm³/mol. The van der Waals surface area contributed by atoms with Crippen LogP contribution < -0.4 is 5.73 Å². The van der Waals surface area contributed by atoms with Crippen molar-refractivity contribution in [1.82, 2.24) is 4.98 Å². The molecule has 0 fully saturated rings. The van der Waals surface area contributed by atoms with Crippen LogP contribution in [0.25, 0.3) is 6.08 Å². The standard InChI is InChI=1S/C6H8N2S/c1-2-5-4-9-6(3-7)8-5/h2,4H,1,3,7H2. The van der Waals surface area contributed by atoms with E-state index in [1.807, 2.05) is 5.38 Å². The van der Waals surface area contributed by atoms with E-state index in [2.05, 4.69) is 11.6 Å². The fraction of sp³-hybridized carbons (Fsp3) is 0.167. The van der Waals surface area contributed by atoms with Crippen molar-refractivity contribution in [2.45, 2.75) is 6.54 Å². The first-order valence-electron chi connectivity index (χ1n) is 2.63. The largest absolute Gasteiger partial charge is 0.325 e. The van der Waals surface area contributed by atoms with Crippen molar-refractivity contribution in [2.75, 3.05) is 0 Å². The van der Waals surface area contributed by atoms with Crippen molar-refractivity contribution in [3.63, 3.8) is 0 Å². The molecule has 0 bridgehead atoms. The summed E-state index contributed by atoms with van der Waals surface area (Å²) in [4.78, 5) is 4.12. The van der Waals surface area contributed by atoms with Crippen molar-refractivity contribution in [3.8, 4) is 0 Å². The minimum absolute atomic E-state index is 0.526. The summed E-state index contributed by atoms with van der Waals surface area (Å²) < 4.78 is 0. The highest BCUT2D eigenvalue weighted by molar-refractivity contribution is 7.09. The zero-order valence-corrected chi connectivity index (χ0v) is 5.82. The van der Waals surface area contributed by atoms with Crippen LogP contribution >= 0.6 is 11.3 Å². The summed E-state index contributed by atoms with van der Waals surface area (Å²) >= 11 is 1.57. The van der Waals surface area contributed by atoms with E-state index in [1.54, 1.807) is 17.4 Å². The van der Waals surface area contributed by atoms with Crippen molar-refractivity contribution >= 4 is 17.4 Å². The first-order valence-corrected chi connectivity index (χ1v) is 3.51. The fourth-order valence-corrected chi connectivity index (χ4v) is 1.17. The lowest BCUT2D eigenvalue weighted by atomic mass is 10.5. The molecule has 2 N–H and O–H groups in total. The Morgan fingerprint density at radius 1 is 1.89 bits per heavy atom. The van der Waals surface area contributed by atoms with Gasteiger partial charge in [-0.1, -0.05) is 6.58 Å². The van der Waals surface area contributed by atoms with Crippen LogP contribution in [0, 0.1) is 0 Å². The van der Waals surface area contributed by atoms with Gasteiger partial charge in [-0.05, 0) is 6.08 Å². The minimum atomic E-state index is 0.526. The van der Waals surface area contributed by atoms with E-state index in [9.17, 15) is 0 Å². The molecule has 1 aromatic heterocycles. The van der Waals surface area contributed by atoms with Gasteiger partial charge in [0.2, 0.25) is 0 Å². The van der Waals surface area contributed by atoms with E-state index >= 15 is 0 Å². The molecule has 0 aliphatic rings. The third-order valence-electron chi connectivity index (χ3n) is 0.953. The molecule has 3 heteroatoms. The summed E-state index contributed by atoms with van der Waals surface area (Å²) in [6.07, 6.45) is 1.72. The van der Waals surface area contributed by atoms with Crippen LogP contribution in [0.5, 0.6) is 0 Å². The molecule has 1 aromatic rings. The highest BCUT2D eigenvalue weighted by atomic mass is 32.1. The maximum atomic E-state index is 5.33. The molecule has 0 aliphatic carbocycles. The molecule has 0 amide bonds. The molecule has 2 nitrogen and oxygen atoms in total. The molecule has 1 heterocycles. The van der Waals surface area contributed by atoms with Gasteiger partial charge in [-0.25, -0.2) is 4.98 Å². The second-order valence-electron chi connectivity index (χ2n) is 1.57. The molecule has 0 unspecified atom stereocenters. The lowest BCUT2D eigenvalue weighted by molar-refractivity contribution is 1.03. The van der Waals surface area contributed by atoms with Crippen LogP contribution in [0.1, 0.15) is 10.7 Å². The predicted octanol–water partition coefficient (Wildman–Crippen LogP) is 1.24. The molecule has 0 atom stereocenters. The normalized spacial score (nSPS) is 9.44. The smallest absolute Gasteiger partial charge is 0.107 e. The number of rotatable bonds is 2. The minimum Gasteiger partial charge on any atom is -0.325 e. The third-order valence-corrected chi connectivity index (χ3v) is 1.84. The van der Waals surface area contributed by atoms with Gasteiger partial charge in [-0.2, -0.15) is 0 Å². The Morgan fingerprint density at radius 2 is 2.67 bits per heavy atom. The third kappa shape index (κ3) is 1.37. The first kappa shape index (κ1) is 6.45. The zero-order chi connectivity index (χ0) is 6.69. The molecular weight excluding hydrogens is 132 g/mol. The Hall–Kier alpha value is -0.670. The van der Waals surface area contributed by atoms with Gasteiger partial charge in [0, 0.05) is 11.9 Å². The molecule has 0 aliphatic heterocycles. The molecular formula is C6H8N2S. The molecule has 1 rings (SSSR count). The second-order valence-corrected chi connectivity index (χ2v) is 2.52. The first-order chi connectivity index (χ1) is 4.36. The lowest BCUT2D eigenvalue weighted by Gasteiger charge is -1.80. The summed E-state index contributed by atoms with van der Waals surface area (Å²) in [6.45, 7) is 4.11. The molecule has 0 aromatic carbocycles. The van der Waals surface area contributed by atoms with E-state index < -0.39 is 0 Å². The molecule has 0 radical (unpaired) electrons. The van der Waals surface area contributed by atoms with Gasteiger partial charge >= 0.3 is 0 Å². The summed E-state index contributed by atoms with van der Waals surface area (Å²) in [7, 11) is 0. The van der Waals surface area contributed by atoms with Crippen molar-refractivity contribution in [2.24, 2.45) is 5.73 Å². The molecule has 0 saturated heterocycles. The molecule has 0 saturated carbocycles. The van der Waals surface area contributed by atoms with Crippen molar-refractivity contribution in [1.29, 1.82) is 0 Å². The Kier molecular flexibility index (Phi) is 1.97. The van der Waals surface area contributed by atoms with Gasteiger partial charge in [0.1, 0.15) is 5.01 Å². The Bertz CT molecular complexity index is 205. The van der Waals surface area contributed by atoms with Crippen molar-refractivity contribution in [3.05, 3.63) is 22.7 Å². The van der Waals surface area contributed by atoms with Gasteiger partial charge in [-0.3, -0.25) is 0 Å². The van der Waals surface area contributed by atoms with E-state index in [-0.39, 0.29) is 0 Å². The second kappa shape index (κ2) is 2.75. The SMILES string of the molecule is C=Cc1csc(CN)n1. The maximum absolute atomic E-state index is 5.33. The van der Waals surface area contributed by atoms with E-state index in [0.717, 1.165) is 10.7 Å². The van der Waals surface area contributed by atoms with Crippen LogP contribution in [0.2, 0.25) is 0 Å². The fourth-order valence-electron chi connectivity index (χ4n) is 0.513. The average molecular weight is 140 g/mol. The monoisotopic (exact) mass is 140 g/mol. The number of hydrogen-bond acceptors (Lipinski definition) is 3. The topological polar surface area (TPSA) is 38.9 Å². The molecule has 0 spiro atoms. The Balaban J connectivity index is 2.86. The maximum Gasteiger partial charge on any atom is 0.107 e. The van der Waals surface area contributed by atoms with Gasteiger partial charge in [-0.15, -0.1) is 11.3 Å². The Labute approximate surface area is 58.0 Å². The molecule has 9 heavy (non-hydrogen) atoms. The van der Waals surface area contributed by atoms with Crippen molar-refractivity contribution < 1.29 is 0 Å². The van der Waals surface area contributed by atoms with Gasteiger partial charge in [0.15, 0.2) is 0 Å². The summed E-state index contributed by atoms with van der Waals surface area (Å²) in [5.74, 6) is 0. The Morgan fingerprint density at radius 3 is 3.00 bits per heavy atom. The van der Waals surface area contributed by atoms with E-state index in [1.165, 1.54) is 0 Å². The number of hydrogen-bond donors (Lipinski definition) is 1. The summed E-state index contributed by atoms with van der Waals surface area (Å²) in [5, 5.41) is 2.90. The zero-order valence-electron chi connectivity index (χ0n) is 5.00. The highest BCUT2D eigenvalue weighted by Gasteiger charge is 1.93. The van der Waals surface area contributed by atoms with Gasteiger partial charge in [0.05, 0.1) is 5.69 Å². The molecule has 48 valence electrons. The van der Waals surface area contributed by atoms with E-state index in [4.69, 9.17) is 5.73 Å². The van der Waals surface area contributed by atoms with Gasteiger partial charge < -0.3 is 5.73 Å². The van der Waals surface area contributed by atoms with Crippen LogP contribution in [0.4, 0.5) is 0 Å². The number of aromatic nitrogens is 1. The summed E-state index contributed by atoms with van der Waals surface area (Å²) in [6, 6.07) is 0. The summed E-state index contributed by atoms with van der Waals surface area (Å²) in [5.41, 5.74) is 6.25. The van der Waals surface area contributed by atoms with Crippen LogP contribution in [-0.2, 0) is 6.54 Å². The number of thiazole rings is 1. The number of nitrogens with two attached hydrogens (primary N) is 1. The van der Waals surface area contributed by atoms with Crippen LogP contribution in [0.15, 0.2) is 12.0 Å². The quantitative estimate of drug-likeness (QED) is 0.671. The lowest BCUT2D eigenvalue weighted by Crippen LogP contribution is -1.94.